The van der Waals surface area contributed by atoms with Crippen LogP contribution >= 0.6 is 0 Å². The number of piperazine rings is 1. The highest BCUT2D eigenvalue weighted by atomic mass is 16.2. The van der Waals surface area contributed by atoms with Crippen molar-refractivity contribution in [3.8, 4) is 22.5 Å². The Bertz CT molecular complexity index is 1500. The third-order valence-electron chi connectivity index (χ3n) is 7.92. The van der Waals surface area contributed by atoms with Crippen molar-refractivity contribution < 1.29 is 4.79 Å². The molecule has 198 valence electrons. The Kier molecular flexibility index (Phi) is 7.01. The van der Waals surface area contributed by atoms with E-state index in [1.165, 1.54) is 22.3 Å². The van der Waals surface area contributed by atoms with Gasteiger partial charge in [0.25, 0.3) is 0 Å². The maximum atomic E-state index is 13.6. The molecule has 0 atom stereocenters. The Morgan fingerprint density at radius 1 is 0.923 bits per heavy atom. The zero-order valence-electron chi connectivity index (χ0n) is 22.8. The first-order chi connectivity index (χ1) is 19.1. The molecule has 0 N–H and O–H groups in total. The van der Waals surface area contributed by atoms with Crippen LogP contribution in [0, 0.1) is 0 Å². The molecule has 6 nitrogen and oxygen atoms in total. The predicted octanol–water partition coefficient (Wildman–Crippen LogP) is 6.19. The van der Waals surface area contributed by atoms with Gasteiger partial charge in [0.2, 0.25) is 5.91 Å². The standard InChI is InChI=1S/C33H35N5O/c1-3-25-21-29(25)27-13-9-14-28(20-27)31-22-30(26-11-5-4-6-12-26)35-38(31)23-32(39)36-16-18-37(19-17-36)33-24(2)10-7-8-15-34-33/h4-9,11-15,20,22H,3,10,16-19,21,23H2,1-2H3. The van der Waals surface area contributed by atoms with Crippen LogP contribution in [-0.2, 0) is 11.3 Å². The fraction of sp³-hybridized carbons (Fsp3) is 0.303. The van der Waals surface area contributed by atoms with Crippen molar-refractivity contribution in [2.75, 3.05) is 26.2 Å². The first-order valence-corrected chi connectivity index (χ1v) is 14.0. The molecular weight excluding hydrogens is 482 g/mol. The largest absolute Gasteiger partial charge is 0.353 e. The van der Waals surface area contributed by atoms with Gasteiger partial charge in [0.15, 0.2) is 0 Å². The molecule has 0 radical (unpaired) electrons. The summed E-state index contributed by atoms with van der Waals surface area (Å²) in [6, 6.07) is 21.0. The highest BCUT2D eigenvalue weighted by molar-refractivity contribution is 5.85. The van der Waals surface area contributed by atoms with Crippen molar-refractivity contribution in [3.63, 3.8) is 0 Å². The zero-order valence-corrected chi connectivity index (χ0v) is 22.8. The van der Waals surface area contributed by atoms with E-state index in [1.54, 1.807) is 0 Å². The second-order valence-electron chi connectivity index (χ2n) is 10.5. The summed E-state index contributed by atoms with van der Waals surface area (Å²) in [5.74, 6) is 1.15. The quantitative estimate of drug-likeness (QED) is 0.375. The number of aromatic nitrogens is 2. The number of carbonyl (C=O) groups is 1. The van der Waals surface area contributed by atoms with Crippen LogP contribution in [0.3, 0.4) is 0 Å². The monoisotopic (exact) mass is 517 g/mol. The van der Waals surface area contributed by atoms with Gasteiger partial charge < -0.3 is 9.80 Å². The van der Waals surface area contributed by atoms with Crippen molar-refractivity contribution in [1.82, 2.24) is 19.6 Å². The van der Waals surface area contributed by atoms with E-state index in [9.17, 15) is 4.79 Å². The number of benzene rings is 2. The fourth-order valence-corrected chi connectivity index (χ4v) is 5.57. The summed E-state index contributed by atoms with van der Waals surface area (Å²) in [6.07, 6.45) is 9.14. The van der Waals surface area contributed by atoms with E-state index in [0.717, 1.165) is 60.7 Å². The van der Waals surface area contributed by atoms with E-state index in [-0.39, 0.29) is 12.5 Å². The van der Waals surface area contributed by atoms with E-state index in [4.69, 9.17) is 5.10 Å². The molecule has 1 saturated heterocycles. The Morgan fingerprint density at radius 3 is 2.46 bits per heavy atom. The van der Waals surface area contributed by atoms with Gasteiger partial charge in [0.05, 0.1) is 11.4 Å². The van der Waals surface area contributed by atoms with Crippen molar-refractivity contribution >= 4 is 17.7 Å². The molecule has 3 heterocycles. The van der Waals surface area contributed by atoms with Crippen LogP contribution in [0.4, 0.5) is 0 Å². The normalized spacial score (nSPS) is 17.2. The number of aliphatic imine (C=N–C) groups is 1. The second-order valence-corrected chi connectivity index (χ2v) is 10.5. The average molecular weight is 518 g/mol. The Hall–Kier alpha value is -4.19. The van der Waals surface area contributed by atoms with Gasteiger partial charge in [0, 0.05) is 43.5 Å². The van der Waals surface area contributed by atoms with Gasteiger partial charge in [-0.25, -0.2) is 4.99 Å². The molecule has 0 saturated carbocycles. The minimum absolute atomic E-state index is 0.102. The van der Waals surface area contributed by atoms with Gasteiger partial charge in [-0.3, -0.25) is 9.48 Å². The summed E-state index contributed by atoms with van der Waals surface area (Å²) in [4.78, 5) is 22.5. The fourth-order valence-electron chi connectivity index (χ4n) is 5.57. The van der Waals surface area contributed by atoms with Gasteiger partial charge in [-0.05, 0) is 61.1 Å². The topological polar surface area (TPSA) is 53.7 Å². The minimum Gasteiger partial charge on any atom is -0.353 e. The average Bonchev–Trinajstić information content (AvgIpc) is 3.71. The highest BCUT2D eigenvalue weighted by Crippen LogP contribution is 2.42. The molecule has 6 heteroatoms. The van der Waals surface area contributed by atoms with Crippen LogP contribution in [0.25, 0.3) is 28.1 Å². The summed E-state index contributed by atoms with van der Waals surface area (Å²) in [6.45, 7) is 7.52. The number of allylic oxidation sites excluding steroid dienone is 5. The number of rotatable bonds is 7. The van der Waals surface area contributed by atoms with Crippen LogP contribution in [0.15, 0.2) is 94.8 Å². The molecule has 1 aliphatic carbocycles. The lowest BCUT2D eigenvalue weighted by atomic mass is 10.0. The van der Waals surface area contributed by atoms with Crippen LogP contribution in [0.1, 0.15) is 38.7 Å². The van der Waals surface area contributed by atoms with E-state index < -0.39 is 0 Å². The molecule has 3 aliphatic rings. The third kappa shape index (κ3) is 5.37. The molecule has 3 aromatic rings. The minimum atomic E-state index is 0.102. The maximum Gasteiger partial charge on any atom is 0.244 e. The summed E-state index contributed by atoms with van der Waals surface area (Å²) >= 11 is 0. The van der Waals surface area contributed by atoms with Gasteiger partial charge in [-0.2, -0.15) is 5.10 Å². The number of hydrogen-bond donors (Lipinski definition) is 0. The molecule has 0 spiro atoms. The number of nitrogens with zero attached hydrogens (tertiary/aromatic N) is 5. The van der Waals surface area contributed by atoms with Gasteiger partial charge >= 0.3 is 0 Å². The second kappa shape index (κ2) is 10.9. The zero-order chi connectivity index (χ0) is 26.8. The van der Waals surface area contributed by atoms with Crippen LogP contribution < -0.4 is 0 Å². The molecule has 2 aromatic carbocycles. The van der Waals surface area contributed by atoms with Crippen molar-refractivity contribution in [3.05, 3.63) is 95.3 Å². The summed E-state index contributed by atoms with van der Waals surface area (Å²) in [7, 11) is 0. The Labute approximate surface area is 230 Å². The predicted molar refractivity (Wildman–Crippen MR) is 158 cm³/mol. The first-order valence-electron chi connectivity index (χ1n) is 14.0. The lowest BCUT2D eigenvalue weighted by Crippen LogP contribution is -2.49. The SMILES string of the molecule is CCC1=C(c2cccc(-c3cc(-c4ccccc4)nn3CC(=O)N3CCN(C4=C(C)CC=CC=N4)CC3)c2)C1. The van der Waals surface area contributed by atoms with Gasteiger partial charge in [-0.1, -0.05) is 67.1 Å². The van der Waals surface area contributed by atoms with Gasteiger partial charge in [-0.15, -0.1) is 0 Å². The number of carbonyl (C=O) groups excluding carboxylic acids is 1. The summed E-state index contributed by atoms with van der Waals surface area (Å²) < 4.78 is 1.89. The lowest BCUT2D eigenvalue weighted by Gasteiger charge is -2.36. The molecule has 1 aromatic heterocycles. The van der Waals surface area contributed by atoms with Crippen LogP contribution in [-0.4, -0.2) is 57.9 Å². The molecule has 1 fully saturated rings. The van der Waals surface area contributed by atoms with Crippen LogP contribution in [0.2, 0.25) is 0 Å². The van der Waals surface area contributed by atoms with Gasteiger partial charge in [0.1, 0.15) is 12.4 Å². The van der Waals surface area contributed by atoms with Crippen molar-refractivity contribution in [2.24, 2.45) is 4.99 Å². The molecule has 0 unspecified atom stereocenters. The molecule has 39 heavy (non-hydrogen) atoms. The van der Waals surface area contributed by atoms with Crippen molar-refractivity contribution in [1.29, 1.82) is 0 Å². The maximum absolute atomic E-state index is 13.6. The number of hydrogen-bond acceptors (Lipinski definition) is 4. The number of amides is 1. The summed E-state index contributed by atoms with van der Waals surface area (Å²) in [5, 5.41) is 4.93. The Morgan fingerprint density at radius 2 is 1.69 bits per heavy atom. The first kappa shape index (κ1) is 25.1. The van der Waals surface area contributed by atoms with E-state index in [0.29, 0.717) is 13.1 Å². The molecule has 1 amide bonds. The van der Waals surface area contributed by atoms with E-state index in [1.807, 2.05) is 40.1 Å². The van der Waals surface area contributed by atoms with Crippen molar-refractivity contribution in [2.45, 2.75) is 39.7 Å². The van der Waals surface area contributed by atoms with E-state index in [2.05, 4.69) is 72.3 Å². The molecule has 6 rings (SSSR count). The molecule has 2 aliphatic heterocycles. The lowest BCUT2D eigenvalue weighted by molar-refractivity contribution is -0.133. The molecule has 0 bridgehead atoms. The Balaban J connectivity index is 1.23. The highest BCUT2D eigenvalue weighted by Gasteiger charge is 2.25. The summed E-state index contributed by atoms with van der Waals surface area (Å²) in [5.41, 5.74) is 9.55. The van der Waals surface area contributed by atoms with E-state index >= 15 is 0 Å². The smallest absolute Gasteiger partial charge is 0.244 e. The van der Waals surface area contributed by atoms with Crippen LogP contribution in [0.5, 0.6) is 0 Å². The third-order valence-corrected chi connectivity index (χ3v) is 7.92. The molecular formula is C33H35N5O.